The van der Waals surface area contributed by atoms with Crippen molar-refractivity contribution in [3.8, 4) is 0 Å². The Morgan fingerprint density at radius 2 is 2.14 bits per heavy atom. The second-order valence-electron chi connectivity index (χ2n) is 5.66. The highest BCUT2D eigenvalue weighted by Gasteiger charge is 2.20. The molecule has 0 unspecified atom stereocenters. The Morgan fingerprint density at radius 1 is 1.32 bits per heavy atom. The number of aryl methyl sites for hydroxylation is 1. The minimum Gasteiger partial charge on any atom is -0.305 e. The van der Waals surface area contributed by atoms with E-state index < -0.39 is 9.84 Å². The first-order chi connectivity index (χ1) is 10.4. The van der Waals surface area contributed by atoms with Gasteiger partial charge in [0.1, 0.15) is 10.0 Å². The molecule has 118 valence electrons. The SMILES string of the molecule is CS(=O)(=O)c1ccc(CN[C@H]2CCCc3ccc(F)cc32)s1. The highest BCUT2D eigenvalue weighted by atomic mass is 32.2. The van der Waals surface area contributed by atoms with Gasteiger partial charge in [-0.25, -0.2) is 12.8 Å². The summed E-state index contributed by atoms with van der Waals surface area (Å²) in [6, 6.07) is 8.60. The van der Waals surface area contributed by atoms with Gasteiger partial charge in [0.05, 0.1) is 0 Å². The zero-order valence-electron chi connectivity index (χ0n) is 12.3. The van der Waals surface area contributed by atoms with Gasteiger partial charge in [0.2, 0.25) is 0 Å². The van der Waals surface area contributed by atoms with Gasteiger partial charge in [-0.1, -0.05) is 6.07 Å². The zero-order chi connectivity index (χ0) is 15.7. The number of hydrogen-bond donors (Lipinski definition) is 1. The monoisotopic (exact) mass is 339 g/mol. The lowest BCUT2D eigenvalue weighted by molar-refractivity contribution is 0.457. The molecule has 0 fully saturated rings. The predicted octanol–water partition coefficient (Wildman–Crippen LogP) is 3.46. The average molecular weight is 339 g/mol. The van der Waals surface area contributed by atoms with Crippen molar-refractivity contribution >= 4 is 21.2 Å². The summed E-state index contributed by atoms with van der Waals surface area (Å²) < 4.78 is 36.9. The van der Waals surface area contributed by atoms with Crippen LogP contribution in [0.25, 0.3) is 0 Å². The first kappa shape index (κ1) is 15.6. The molecule has 3 rings (SSSR count). The van der Waals surface area contributed by atoms with E-state index in [1.165, 1.54) is 29.2 Å². The van der Waals surface area contributed by atoms with Crippen LogP contribution in [0.4, 0.5) is 4.39 Å². The molecule has 2 aromatic rings. The third kappa shape index (κ3) is 3.39. The van der Waals surface area contributed by atoms with Crippen LogP contribution in [0.1, 0.15) is 34.9 Å². The summed E-state index contributed by atoms with van der Waals surface area (Å²) in [5, 5.41) is 3.44. The van der Waals surface area contributed by atoms with Crippen LogP contribution >= 0.6 is 11.3 Å². The quantitative estimate of drug-likeness (QED) is 0.928. The van der Waals surface area contributed by atoms with E-state index in [2.05, 4.69) is 5.32 Å². The van der Waals surface area contributed by atoms with Gasteiger partial charge in [-0.05, 0) is 54.7 Å². The Hall–Kier alpha value is -1.24. The maximum Gasteiger partial charge on any atom is 0.184 e. The number of thiophene rings is 1. The van der Waals surface area contributed by atoms with Crippen LogP contribution in [-0.2, 0) is 22.8 Å². The molecule has 0 saturated heterocycles. The molecule has 0 spiro atoms. The Kier molecular flexibility index (Phi) is 4.34. The smallest absolute Gasteiger partial charge is 0.184 e. The molecule has 0 bridgehead atoms. The number of rotatable bonds is 4. The van der Waals surface area contributed by atoms with Crippen LogP contribution in [0.2, 0.25) is 0 Å². The number of sulfone groups is 1. The third-order valence-corrected chi connectivity index (χ3v) is 6.85. The standard InChI is InChI=1S/C16H18FNO2S2/c1-22(19,20)16-8-7-13(21-16)10-18-15-4-2-3-11-5-6-12(17)9-14(11)15/h5-9,15,18H,2-4,10H2,1H3/t15-/m0/s1. The van der Waals surface area contributed by atoms with E-state index in [4.69, 9.17) is 0 Å². The molecule has 1 N–H and O–H groups in total. The molecule has 3 nitrogen and oxygen atoms in total. The van der Waals surface area contributed by atoms with Gasteiger partial charge in [0.25, 0.3) is 0 Å². The number of nitrogens with one attached hydrogen (secondary N) is 1. The number of benzene rings is 1. The van der Waals surface area contributed by atoms with Crippen molar-refractivity contribution in [3.05, 3.63) is 52.2 Å². The Balaban J connectivity index is 1.73. The van der Waals surface area contributed by atoms with Crippen LogP contribution in [0, 0.1) is 5.82 Å². The normalized spacial score (nSPS) is 18.2. The zero-order valence-corrected chi connectivity index (χ0v) is 13.9. The summed E-state index contributed by atoms with van der Waals surface area (Å²) >= 11 is 1.29. The molecule has 0 aliphatic heterocycles. The average Bonchev–Trinajstić information content (AvgIpc) is 2.94. The van der Waals surface area contributed by atoms with E-state index in [-0.39, 0.29) is 11.9 Å². The van der Waals surface area contributed by atoms with Crippen molar-refractivity contribution in [2.24, 2.45) is 0 Å². The maximum atomic E-state index is 13.5. The summed E-state index contributed by atoms with van der Waals surface area (Å²) in [5.41, 5.74) is 2.24. The summed E-state index contributed by atoms with van der Waals surface area (Å²) in [4.78, 5) is 0.976. The minimum atomic E-state index is -3.14. The van der Waals surface area contributed by atoms with Gasteiger partial charge in [-0.15, -0.1) is 11.3 Å². The lowest BCUT2D eigenvalue weighted by atomic mass is 9.87. The van der Waals surface area contributed by atoms with E-state index >= 15 is 0 Å². The Bertz CT molecular complexity index is 783. The lowest BCUT2D eigenvalue weighted by Gasteiger charge is -2.26. The summed E-state index contributed by atoms with van der Waals surface area (Å²) in [5.74, 6) is -0.206. The van der Waals surface area contributed by atoms with E-state index in [1.54, 1.807) is 12.1 Å². The fourth-order valence-electron chi connectivity index (χ4n) is 2.86. The molecule has 22 heavy (non-hydrogen) atoms. The largest absolute Gasteiger partial charge is 0.305 e. The Morgan fingerprint density at radius 3 is 2.86 bits per heavy atom. The number of halogens is 1. The molecular formula is C16H18FNO2S2. The van der Waals surface area contributed by atoms with Crippen molar-refractivity contribution in [1.82, 2.24) is 5.32 Å². The fraction of sp³-hybridized carbons (Fsp3) is 0.375. The van der Waals surface area contributed by atoms with Crippen molar-refractivity contribution < 1.29 is 12.8 Å². The topological polar surface area (TPSA) is 46.2 Å². The molecule has 6 heteroatoms. The summed E-state index contributed by atoms with van der Waals surface area (Å²) in [6.45, 7) is 0.598. The predicted molar refractivity (Wildman–Crippen MR) is 86.3 cm³/mol. The highest BCUT2D eigenvalue weighted by Crippen LogP contribution is 2.31. The van der Waals surface area contributed by atoms with Gasteiger partial charge < -0.3 is 5.32 Å². The highest BCUT2D eigenvalue weighted by molar-refractivity contribution is 7.92. The molecule has 1 heterocycles. The van der Waals surface area contributed by atoms with Crippen LogP contribution in [0.15, 0.2) is 34.5 Å². The molecule has 1 aromatic heterocycles. The van der Waals surface area contributed by atoms with Crippen LogP contribution in [0.3, 0.4) is 0 Å². The van der Waals surface area contributed by atoms with Crippen molar-refractivity contribution in [2.75, 3.05) is 6.26 Å². The number of hydrogen-bond acceptors (Lipinski definition) is 4. The van der Waals surface area contributed by atoms with Crippen molar-refractivity contribution in [2.45, 2.75) is 36.1 Å². The molecule has 1 atom stereocenters. The molecular weight excluding hydrogens is 321 g/mol. The molecule has 1 aliphatic rings. The minimum absolute atomic E-state index is 0.128. The second kappa shape index (κ2) is 6.10. The molecule has 1 aliphatic carbocycles. The van der Waals surface area contributed by atoms with E-state index in [1.807, 2.05) is 12.1 Å². The summed E-state index contributed by atoms with van der Waals surface area (Å²) in [6.07, 6.45) is 4.26. The van der Waals surface area contributed by atoms with Gasteiger partial charge in [0.15, 0.2) is 9.84 Å². The third-order valence-electron chi connectivity index (χ3n) is 3.95. The van der Waals surface area contributed by atoms with Crippen LogP contribution in [-0.4, -0.2) is 14.7 Å². The Labute approximate surface area is 134 Å². The van der Waals surface area contributed by atoms with Gasteiger partial charge in [-0.2, -0.15) is 0 Å². The van der Waals surface area contributed by atoms with Crippen LogP contribution < -0.4 is 5.32 Å². The molecule has 0 amide bonds. The maximum absolute atomic E-state index is 13.5. The van der Waals surface area contributed by atoms with Gasteiger partial charge in [0, 0.05) is 23.7 Å². The number of fused-ring (bicyclic) bond motifs is 1. The first-order valence-corrected chi connectivity index (χ1v) is 9.95. The van der Waals surface area contributed by atoms with E-state index in [0.717, 1.165) is 29.7 Å². The molecule has 0 radical (unpaired) electrons. The first-order valence-electron chi connectivity index (χ1n) is 7.24. The van der Waals surface area contributed by atoms with Crippen molar-refractivity contribution in [3.63, 3.8) is 0 Å². The van der Waals surface area contributed by atoms with Gasteiger partial charge >= 0.3 is 0 Å². The lowest BCUT2D eigenvalue weighted by Crippen LogP contribution is -2.24. The second-order valence-corrected chi connectivity index (χ2v) is 9.07. The van der Waals surface area contributed by atoms with Crippen molar-refractivity contribution in [1.29, 1.82) is 0 Å². The van der Waals surface area contributed by atoms with E-state index in [0.29, 0.717) is 10.8 Å². The fourth-order valence-corrected chi connectivity index (χ4v) is 4.79. The van der Waals surface area contributed by atoms with Gasteiger partial charge in [-0.3, -0.25) is 0 Å². The molecule has 0 saturated carbocycles. The summed E-state index contributed by atoms with van der Waals surface area (Å²) in [7, 11) is -3.14. The van der Waals surface area contributed by atoms with Crippen LogP contribution in [0.5, 0.6) is 0 Å². The van der Waals surface area contributed by atoms with E-state index in [9.17, 15) is 12.8 Å². The molecule has 1 aromatic carbocycles.